The van der Waals surface area contributed by atoms with Gasteiger partial charge in [-0.25, -0.2) is 15.0 Å². The molecule has 5 heteroatoms. The predicted molar refractivity (Wildman–Crippen MR) is 225 cm³/mol. The summed E-state index contributed by atoms with van der Waals surface area (Å²) in [6.45, 7) is 0. The van der Waals surface area contributed by atoms with Crippen LogP contribution >= 0.6 is 11.3 Å². The Hall–Kier alpha value is -6.95. The molecule has 0 atom stereocenters. The molecule has 0 saturated carbocycles. The van der Waals surface area contributed by atoms with E-state index in [1.54, 1.807) is 0 Å². The number of hydrogen-bond donors (Lipinski definition) is 0. The van der Waals surface area contributed by atoms with E-state index in [1.165, 1.54) is 36.7 Å². The zero-order chi connectivity index (χ0) is 35.6. The highest BCUT2D eigenvalue weighted by molar-refractivity contribution is 7.25. The Balaban J connectivity index is 1.02. The molecule has 0 N–H and O–H groups in total. The van der Waals surface area contributed by atoms with E-state index in [4.69, 9.17) is 19.4 Å². The topological polar surface area (TPSA) is 51.8 Å². The second kappa shape index (κ2) is 12.3. The Labute approximate surface area is 314 Å². The smallest absolute Gasteiger partial charge is 0.164 e. The average molecular weight is 708 g/mol. The van der Waals surface area contributed by atoms with Gasteiger partial charge in [0.05, 0.1) is 0 Å². The van der Waals surface area contributed by atoms with Gasteiger partial charge < -0.3 is 4.42 Å². The van der Waals surface area contributed by atoms with Crippen molar-refractivity contribution in [1.82, 2.24) is 15.0 Å². The molecule has 54 heavy (non-hydrogen) atoms. The van der Waals surface area contributed by atoms with Gasteiger partial charge in [0, 0.05) is 53.0 Å². The van der Waals surface area contributed by atoms with E-state index in [0.29, 0.717) is 17.5 Å². The van der Waals surface area contributed by atoms with Crippen LogP contribution in [-0.2, 0) is 0 Å². The van der Waals surface area contributed by atoms with Crippen LogP contribution in [-0.4, -0.2) is 15.0 Å². The number of thiophene rings is 1. The predicted octanol–water partition coefficient (Wildman–Crippen LogP) is 13.6. The minimum atomic E-state index is 0.638. The minimum Gasteiger partial charge on any atom is -0.455 e. The monoisotopic (exact) mass is 707 g/mol. The molecule has 3 aromatic heterocycles. The molecule has 0 unspecified atom stereocenters. The molecular formula is C49H29N3OS. The summed E-state index contributed by atoms with van der Waals surface area (Å²) >= 11 is 1.85. The van der Waals surface area contributed by atoms with Crippen molar-refractivity contribution in [2.45, 2.75) is 0 Å². The zero-order valence-electron chi connectivity index (χ0n) is 28.9. The highest BCUT2D eigenvalue weighted by atomic mass is 32.1. The molecule has 0 aliphatic rings. The van der Waals surface area contributed by atoms with Crippen LogP contribution in [0.3, 0.4) is 0 Å². The van der Waals surface area contributed by atoms with E-state index in [1.807, 2.05) is 72.0 Å². The molecule has 0 aliphatic heterocycles. The van der Waals surface area contributed by atoms with Gasteiger partial charge in [-0.3, -0.25) is 0 Å². The fraction of sp³-hybridized carbons (Fsp3) is 0. The number of rotatable bonds is 5. The van der Waals surface area contributed by atoms with Gasteiger partial charge in [0.1, 0.15) is 11.2 Å². The highest BCUT2D eigenvalue weighted by Gasteiger charge is 2.17. The first-order valence-corrected chi connectivity index (χ1v) is 18.8. The Morgan fingerprint density at radius 1 is 0.333 bits per heavy atom. The molecule has 0 saturated heterocycles. The second-order valence-corrected chi connectivity index (χ2v) is 14.7. The van der Waals surface area contributed by atoms with Gasteiger partial charge >= 0.3 is 0 Å². The molecule has 0 amide bonds. The molecule has 0 radical (unpaired) electrons. The quantitative estimate of drug-likeness (QED) is 0.179. The van der Waals surface area contributed by atoms with Crippen molar-refractivity contribution >= 4 is 64.2 Å². The van der Waals surface area contributed by atoms with Gasteiger partial charge in [-0.2, -0.15) is 0 Å². The molecule has 0 fully saturated rings. The van der Waals surface area contributed by atoms with Crippen LogP contribution < -0.4 is 0 Å². The van der Waals surface area contributed by atoms with Gasteiger partial charge in [-0.05, 0) is 64.0 Å². The Kier molecular flexibility index (Phi) is 7.00. The summed E-state index contributed by atoms with van der Waals surface area (Å²) in [6, 6.07) is 61.6. The molecule has 11 aromatic rings. The highest BCUT2D eigenvalue weighted by Crippen LogP contribution is 2.43. The standard InChI is InChI=1S/C49H29N3OS/c1-3-11-31(12-4-1)47-50-48(32-13-5-2-6-14-32)52-49(51-47)33-21-19-30(20-22-33)34-23-25-43-40(27-34)42-29-39(36-15-7-8-17-38(36)46(42)53-43)35-24-26-45-41(28-35)37-16-9-10-18-44(37)54-45/h1-29H. The fourth-order valence-electron chi connectivity index (χ4n) is 7.66. The van der Waals surface area contributed by atoms with Crippen LogP contribution in [0.5, 0.6) is 0 Å². The number of fused-ring (bicyclic) bond motifs is 8. The molecule has 3 heterocycles. The van der Waals surface area contributed by atoms with Crippen LogP contribution in [0.25, 0.3) is 109 Å². The number of aromatic nitrogens is 3. The lowest BCUT2D eigenvalue weighted by Crippen LogP contribution is -2.00. The van der Waals surface area contributed by atoms with Crippen molar-refractivity contribution in [3.63, 3.8) is 0 Å². The molecule has 0 aliphatic carbocycles. The second-order valence-electron chi connectivity index (χ2n) is 13.6. The van der Waals surface area contributed by atoms with Gasteiger partial charge in [-0.15, -0.1) is 11.3 Å². The number of hydrogen-bond acceptors (Lipinski definition) is 5. The molecule has 8 aromatic carbocycles. The maximum Gasteiger partial charge on any atom is 0.164 e. The number of benzene rings is 8. The third kappa shape index (κ3) is 5.09. The number of furan rings is 1. The van der Waals surface area contributed by atoms with Crippen LogP contribution in [0, 0.1) is 0 Å². The van der Waals surface area contributed by atoms with Gasteiger partial charge in [-0.1, -0.05) is 140 Å². The Bertz CT molecular complexity index is 3140. The maximum atomic E-state index is 6.61. The van der Waals surface area contributed by atoms with E-state index in [2.05, 4.69) is 115 Å². The summed E-state index contributed by atoms with van der Waals surface area (Å²) in [4.78, 5) is 14.7. The van der Waals surface area contributed by atoms with E-state index in [9.17, 15) is 0 Å². The SMILES string of the molecule is c1ccc(-c2nc(-c3ccccc3)nc(-c3ccc(-c4ccc5oc6c7ccccc7c(-c7ccc8sc9ccccc9c8c7)cc6c5c4)cc3)n2)cc1. The van der Waals surface area contributed by atoms with Crippen molar-refractivity contribution in [2.24, 2.45) is 0 Å². The third-order valence-corrected chi connectivity index (χ3v) is 11.5. The molecule has 11 rings (SSSR count). The van der Waals surface area contributed by atoms with E-state index in [0.717, 1.165) is 55.1 Å². The van der Waals surface area contributed by atoms with Crippen molar-refractivity contribution in [1.29, 1.82) is 0 Å². The average Bonchev–Trinajstić information content (AvgIpc) is 3.82. The lowest BCUT2D eigenvalue weighted by molar-refractivity contribution is 0.673. The summed E-state index contributed by atoms with van der Waals surface area (Å²) in [6.07, 6.45) is 0. The van der Waals surface area contributed by atoms with E-state index >= 15 is 0 Å². The van der Waals surface area contributed by atoms with Crippen molar-refractivity contribution in [3.05, 3.63) is 176 Å². The molecule has 0 spiro atoms. The third-order valence-electron chi connectivity index (χ3n) is 10.3. The Morgan fingerprint density at radius 3 is 1.56 bits per heavy atom. The molecule has 252 valence electrons. The van der Waals surface area contributed by atoms with Gasteiger partial charge in [0.15, 0.2) is 17.5 Å². The fourth-order valence-corrected chi connectivity index (χ4v) is 8.75. The Morgan fingerprint density at radius 2 is 0.852 bits per heavy atom. The van der Waals surface area contributed by atoms with Crippen molar-refractivity contribution < 1.29 is 4.42 Å². The first-order valence-electron chi connectivity index (χ1n) is 18.0. The zero-order valence-corrected chi connectivity index (χ0v) is 29.7. The minimum absolute atomic E-state index is 0.638. The molecule has 0 bridgehead atoms. The van der Waals surface area contributed by atoms with Crippen LogP contribution in [0.4, 0.5) is 0 Å². The van der Waals surface area contributed by atoms with Crippen molar-refractivity contribution in [2.75, 3.05) is 0 Å². The van der Waals surface area contributed by atoms with Crippen LogP contribution in [0.1, 0.15) is 0 Å². The normalized spacial score (nSPS) is 11.7. The van der Waals surface area contributed by atoms with Gasteiger partial charge in [0.25, 0.3) is 0 Å². The summed E-state index contributed by atoms with van der Waals surface area (Å²) < 4.78 is 9.23. The molecular weight excluding hydrogens is 679 g/mol. The van der Waals surface area contributed by atoms with Crippen LogP contribution in [0.15, 0.2) is 180 Å². The molecule has 4 nitrogen and oxygen atoms in total. The summed E-state index contributed by atoms with van der Waals surface area (Å²) in [7, 11) is 0. The van der Waals surface area contributed by atoms with Gasteiger partial charge in [0.2, 0.25) is 0 Å². The summed E-state index contributed by atoms with van der Waals surface area (Å²) in [5.74, 6) is 1.94. The van der Waals surface area contributed by atoms with E-state index < -0.39 is 0 Å². The lowest BCUT2D eigenvalue weighted by Gasteiger charge is -2.09. The first-order chi connectivity index (χ1) is 26.7. The largest absolute Gasteiger partial charge is 0.455 e. The van der Waals surface area contributed by atoms with E-state index in [-0.39, 0.29) is 0 Å². The first kappa shape index (κ1) is 30.7. The van der Waals surface area contributed by atoms with Crippen LogP contribution in [0.2, 0.25) is 0 Å². The lowest BCUT2D eigenvalue weighted by atomic mass is 9.94. The van der Waals surface area contributed by atoms with Crippen molar-refractivity contribution in [3.8, 4) is 56.4 Å². The summed E-state index contributed by atoms with van der Waals surface area (Å²) in [5.41, 5.74) is 9.24. The number of nitrogens with zero attached hydrogens (tertiary/aromatic N) is 3. The summed E-state index contributed by atoms with van der Waals surface area (Å²) in [5, 5.41) is 7.10. The maximum absolute atomic E-state index is 6.61.